The number of hydrogen-bond acceptors (Lipinski definition) is 2. The van der Waals surface area contributed by atoms with Crippen LogP contribution in [0.15, 0.2) is 0 Å². The molecule has 2 fully saturated rings. The Morgan fingerprint density at radius 2 is 1.73 bits per heavy atom. The van der Waals surface area contributed by atoms with Gasteiger partial charge in [0.05, 0.1) is 11.5 Å². The molecule has 2 nitrogen and oxygen atoms in total. The third-order valence-corrected chi connectivity index (χ3v) is 3.66. The molecule has 0 unspecified atom stereocenters. The van der Waals surface area contributed by atoms with Gasteiger partial charge in [-0.25, -0.2) is 8.78 Å². The van der Waals surface area contributed by atoms with Gasteiger partial charge in [0.2, 0.25) is 0 Å². The van der Waals surface area contributed by atoms with Gasteiger partial charge >= 0.3 is 0 Å². The molecule has 2 rings (SSSR count). The lowest BCUT2D eigenvalue weighted by atomic mass is 9.69. The average molecular weight is 214 g/mol. The van der Waals surface area contributed by atoms with Crippen molar-refractivity contribution in [3.05, 3.63) is 0 Å². The lowest BCUT2D eigenvalue weighted by molar-refractivity contribution is -0.0626. The summed E-state index contributed by atoms with van der Waals surface area (Å²) in [6.07, 6.45) is 2.90. The molecule has 1 heterocycles. The summed E-state index contributed by atoms with van der Waals surface area (Å²) in [5.41, 5.74) is -0.216. The van der Waals surface area contributed by atoms with Crippen LogP contribution >= 0.6 is 0 Å². The van der Waals surface area contributed by atoms with Crippen LogP contribution in [0.5, 0.6) is 0 Å². The molecule has 84 valence electrons. The van der Waals surface area contributed by atoms with Crippen molar-refractivity contribution >= 4 is 0 Å². The number of likely N-dealkylation sites (tertiary alicyclic amines) is 1. The zero-order valence-corrected chi connectivity index (χ0v) is 8.81. The van der Waals surface area contributed by atoms with Crippen LogP contribution in [0.3, 0.4) is 0 Å². The first kappa shape index (κ1) is 10.8. The summed E-state index contributed by atoms with van der Waals surface area (Å²) in [7, 11) is 0. The fourth-order valence-electron chi connectivity index (χ4n) is 2.38. The highest BCUT2D eigenvalue weighted by Crippen LogP contribution is 2.41. The van der Waals surface area contributed by atoms with Crippen molar-refractivity contribution in [3.63, 3.8) is 0 Å². The molecule has 2 aliphatic rings. The molecule has 0 amide bonds. The highest BCUT2D eigenvalue weighted by atomic mass is 19.3. The van der Waals surface area contributed by atoms with Crippen LogP contribution in [0.25, 0.3) is 0 Å². The maximum atomic E-state index is 12.9. The van der Waals surface area contributed by atoms with Crippen LogP contribution in [0.1, 0.15) is 32.1 Å². The Labute approximate surface area is 88.9 Å². The van der Waals surface area contributed by atoms with E-state index in [4.69, 9.17) is 5.26 Å². The summed E-state index contributed by atoms with van der Waals surface area (Å²) >= 11 is 0. The second-order valence-electron chi connectivity index (χ2n) is 4.88. The lowest BCUT2D eigenvalue weighted by Gasteiger charge is -2.41. The molecule has 1 aliphatic carbocycles. The topological polar surface area (TPSA) is 27.0 Å². The highest BCUT2D eigenvalue weighted by molar-refractivity contribution is 5.06. The van der Waals surface area contributed by atoms with Crippen LogP contribution in [0.2, 0.25) is 0 Å². The Morgan fingerprint density at radius 3 is 2.13 bits per heavy atom. The van der Waals surface area contributed by atoms with E-state index in [1.54, 1.807) is 0 Å². The van der Waals surface area contributed by atoms with Gasteiger partial charge in [-0.1, -0.05) is 6.42 Å². The Kier molecular flexibility index (Phi) is 2.68. The molecule has 0 atom stereocenters. The molecule has 0 N–H and O–H groups in total. The molecule has 0 spiro atoms. The zero-order chi connectivity index (χ0) is 10.9. The fourth-order valence-corrected chi connectivity index (χ4v) is 2.38. The number of hydrogen-bond donors (Lipinski definition) is 0. The van der Waals surface area contributed by atoms with Gasteiger partial charge in [0.15, 0.2) is 0 Å². The molecule has 0 aromatic carbocycles. The van der Waals surface area contributed by atoms with E-state index in [2.05, 4.69) is 6.07 Å². The van der Waals surface area contributed by atoms with Crippen LogP contribution in [0, 0.1) is 16.7 Å². The van der Waals surface area contributed by atoms with E-state index in [-0.39, 0.29) is 18.3 Å². The summed E-state index contributed by atoms with van der Waals surface area (Å²) in [5, 5.41) is 9.05. The molecule has 0 aromatic rings. The predicted octanol–water partition coefficient (Wildman–Crippen LogP) is 2.41. The van der Waals surface area contributed by atoms with Gasteiger partial charge in [0.25, 0.3) is 5.92 Å². The molecule has 0 aromatic heterocycles. The minimum atomic E-state index is -2.48. The largest absolute Gasteiger partial charge is 0.301 e. The van der Waals surface area contributed by atoms with Gasteiger partial charge in [-0.3, -0.25) is 0 Å². The van der Waals surface area contributed by atoms with Crippen molar-refractivity contribution in [2.24, 2.45) is 5.41 Å². The van der Waals surface area contributed by atoms with Gasteiger partial charge in [-0.15, -0.1) is 0 Å². The van der Waals surface area contributed by atoms with Crippen molar-refractivity contribution in [3.8, 4) is 6.07 Å². The first-order chi connectivity index (χ1) is 7.05. The standard InChI is InChI=1S/C11H16F2N2/c12-11(13)4-6-15(7-5-11)9-10(8-14)2-1-3-10/h1-7,9H2. The fraction of sp³-hybridized carbons (Fsp3) is 0.909. The van der Waals surface area contributed by atoms with Crippen molar-refractivity contribution in [1.29, 1.82) is 5.26 Å². The Bertz CT molecular complexity index is 269. The third-order valence-electron chi connectivity index (χ3n) is 3.66. The van der Waals surface area contributed by atoms with E-state index in [1.807, 2.05) is 4.90 Å². The van der Waals surface area contributed by atoms with Gasteiger partial charge in [0.1, 0.15) is 0 Å². The van der Waals surface area contributed by atoms with Gasteiger partial charge in [0, 0.05) is 32.5 Å². The van der Waals surface area contributed by atoms with E-state index in [9.17, 15) is 8.78 Å². The van der Waals surface area contributed by atoms with E-state index in [0.717, 1.165) is 19.3 Å². The van der Waals surface area contributed by atoms with Crippen molar-refractivity contribution in [2.45, 2.75) is 38.0 Å². The summed E-state index contributed by atoms with van der Waals surface area (Å²) in [5.74, 6) is -2.48. The van der Waals surface area contributed by atoms with Crippen LogP contribution in [-0.2, 0) is 0 Å². The summed E-state index contributed by atoms with van der Waals surface area (Å²) in [6, 6.07) is 2.35. The maximum Gasteiger partial charge on any atom is 0.250 e. The summed E-state index contributed by atoms with van der Waals surface area (Å²) in [4.78, 5) is 2.03. The van der Waals surface area contributed by atoms with Crippen molar-refractivity contribution < 1.29 is 8.78 Å². The summed E-state index contributed by atoms with van der Waals surface area (Å²) in [6.45, 7) is 1.58. The summed E-state index contributed by atoms with van der Waals surface area (Å²) < 4.78 is 25.8. The normalized spacial score (nSPS) is 29.1. The molecule has 0 radical (unpaired) electrons. The van der Waals surface area contributed by atoms with E-state index in [1.165, 1.54) is 0 Å². The quantitative estimate of drug-likeness (QED) is 0.705. The monoisotopic (exact) mass is 214 g/mol. The second kappa shape index (κ2) is 3.71. The second-order valence-corrected chi connectivity index (χ2v) is 4.88. The Hall–Kier alpha value is -0.690. The minimum absolute atomic E-state index is 0.0471. The van der Waals surface area contributed by atoms with E-state index >= 15 is 0 Å². The maximum absolute atomic E-state index is 12.9. The number of rotatable bonds is 2. The number of nitrogens with zero attached hydrogens (tertiary/aromatic N) is 2. The van der Waals surface area contributed by atoms with E-state index < -0.39 is 5.92 Å². The molecule has 1 saturated heterocycles. The molecular formula is C11H16F2N2. The van der Waals surface area contributed by atoms with Crippen molar-refractivity contribution in [1.82, 2.24) is 4.90 Å². The number of halogens is 2. The molecule has 4 heteroatoms. The van der Waals surface area contributed by atoms with Gasteiger partial charge in [-0.05, 0) is 12.8 Å². The number of nitriles is 1. The smallest absolute Gasteiger partial charge is 0.250 e. The Balaban J connectivity index is 1.85. The Morgan fingerprint density at radius 1 is 1.13 bits per heavy atom. The number of alkyl halides is 2. The average Bonchev–Trinajstić information content (AvgIpc) is 2.14. The van der Waals surface area contributed by atoms with E-state index in [0.29, 0.717) is 19.6 Å². The first-order valence-electron chi connectivity index (χ1n) is 5.57. The van der Waals surface area contributed by atoms with Crippen LogP contribution < -0.4 is 0 Å². The van der Waals surface area contributed by atoms with Crippen LogP contribution in [-0.4, -0.2) is 30.5 Å². The highest BCUT2D eigenvalue weighted by Gasteiger charge is 2.41. The molecular weight excluding hydrogens is 198 g/mol. The first-order valence-corrected chi connectivity index (χ1v) is 5.57. The zero-order valence-electron chi connectivity index (χ0n) is 8.81. The molecule has 0 bridgehead atoms. The van der Waals surface area contributed by atoms with Crippen molar-refractivity contribution in [2.75, 3.05) is 19.6 Å². The molecule has 1 aliphatic heterocycles. The molecule has 15 heavy (non-hydrogen) atoms. The molecule has 1 saturated carbocycles. The lowest BCUT2D eigenvalue weighted by Crippen LogP contribution is -2.46. The number of piperidine rings is 1. The van der Waals surface area contributed by atoms with Gasteiger partial charge < -0.3 is 4.90 Å². The predicted molar refractivity (Wildman–Crippen MR) is 52.5 cm³/mol. The third kappa shape index (κ3) is 2.28. The minimum Gasteiger partial charge on any atom is -0.301 e. The van der Waals surface area contributed by atoms with Crippen LogP contribution in [0.4, 0.5) is 8.78 Å². The SMILES string of the molecule is N#CC1(CN2CCC(F)(F)CC2)CCC1. The van der Waals surface area contributed by atoms with Gasteiger partial charge in [-0.2, -0.15) is 5.26 Å².